The maximum atomic E-state index is 4.17. The minimum Gasteiger partial charge on any atom is -0.261 e. The minimum atomic E-state index is 0.560. The summed E-state index contributed by atoms with van der Waals surface area (Å²) in [6, 6.07) is 0. The van der Waals surface area contributed by atoms with Crippen LogP contribution in [0.1, 0.15) is 19.0 Å². The molecule has 0 N–H and O–H groups in total. The quantitative estimate of drug-likeness (QED) is 0.722. The molecule has 0 aliphatic heterocycles. The Balaban J connectivity index is 2.39. The van der Waals surface area contributed by atoms with Gasteiger partial charge in [0.05, 0.1) is 5.69 Å². The summed E-state index contributed by atoms with van der Waals surface area (Å²) < 4.78 is 0. The molecule has 1 unspecified atom stereocenters. The zero-order chi connectivity index (χ0) is 8.10. The predicted octanol–water partition coefficient (Wildman–Crippen LogP) is 2.19. The van der Waals surface area contributed by atoms with Crippen molar-refractivity contribution in [2.24, 2.45) is 0 Å². The van der Waals surface area contributed by atoms with Crippen LogP contribution in [-0.2, 0) is 6.42 Å². The lowest BCUT2D eigenvalue weighted by Crippen LogP contribution is -1.96. The van der Waals surface area contributed by atoms with Gasteiger partial charge in [-0.2, -0.15) is 0 Å². The van der Waals surface area contributed by atoms with Crippen LogP contribution in [0.4, 0.5) is 0 Å². The van der Waals surface area contributed by atoms with Gasteiger partial charge < -0.3 is 0 Å². The fourth-order valence-electron chi connectivity index (χ4n) is 0.806. The molecule has 11 heavy (non-hydrogen) atoms. The van der Waals surface area contributed by atoms with Gasteiger partial charge in [-0.05, 0) is 12.8 Å². The van der Waals surface area contributed by atoms with Crippen LogP contribution in [0, 0.1) is 0 Å². The van der Waals surface area contributed by atoms with Crippen LogP contribution >= 0.6 is 15.9 Å². The van der Waals surface area contributed by atoms with Gasteiger partial charge in [0, 0.05) is 23.4 Å². The molecule has 0 saturated carbocycles. The van der Waals surface area contributed by atoms with Gasteiger partial charge in [-0.25, -0.2) is 0 Å². The molecule has 0 saturated heterocycles. The predicted molar refractivity (Wildman–Crippen MR) is 48.7 cm³/mol. The van der Waals surface area contributed by atoms with Crippen molar-refractivity contribution in [1.82, 2.24) is 9.97 Å². The first-order chi connectivity index (χ1) is 5.29. The lowest BCUT2D eigenvalue weighted by atomic mass is 10.2. The van der Waals surface area contributed by atoms with E-state index in [1.54, 1.807) is 12.4 Å². The second-order valence-corrected chi connectivity index (χ2v) is 4.08. The smallest absolute Gasteiger partial charge is 0.0587 e. The Morgan fingerprint density at radius 2 is 2.36 bits per heavy atom. The molecular formula is C8H11BrN2. The van der Waals surface area contributed by atoms with Gasteiger partial charge >= 0.3 is 0 Å². The molecule has 1 aromatic rings. The third kappa shape index (κ3) is 3.46. The Morgan fingerprint density at radius 3 is 2.91 bits per heavy atom. The zero-order valence-electron chi connectivity index (χ0n) is 6.50. The van der Waals surface area contributed by atoms with E-state index in [1.165, 1.54) is 0 Å². The van der Waals surface area contributed by atoms with E-state index < -0.39 is 0 Å². The van der Waals surface area contributed by atoms with Crippen LogP contribution in [0.2, 0.25) is 0 Å². The first-order valence-corrected chi connectivity index (χ1v) is 4.59. The van der Waals surface area contributed by atoms with Crippen molar-refractivity contribution in [1.29, 1.82) is 0 Å². The first-order valence-electron chi connectivity index (χ1n) is 3.68. The molecule has 0 fully saturated rings. The highest BCUT2D eigenvalue weighted by molar-refractivity contribution is 9.09. The van der Waals surface area contributed by atoms with Gasteiger partial charge in [0.25, 0.3) is 0 Å². The maximum Gasteiger partial charge on any atom is 0.0587 e. The normalized spacial score (nSPS) is 12.9. The summed E-state index contributed by atoms with van der Waals surface area (Å²) in [6.07, 6.45) is 7.35. The van der Waals surface area contributed by atoms with Crippen LogP contribution in [0.15, 0.2) is 18.6 Å². The Labute approximate surface area is 75.2 Å². The Hall–Kier alpha value is -0.440. The number of hydrogen-bond donors (Lipinski definition) is 0. The second-order valence-electron chi connectivity index (χ2n) is 2.52. The molecule has 0 amide bonds. The van der Waals surface area contributed by atoms with Gasteiger partial charge in [0.1, 0.15) is 0 Å². The van der Waals surface area contributed by atoms with E-state index in [2.05, 4.69) is 32.8 Å². The number of aromatic nitrogens is 2. The number of halogens is 1. The summed E-state index contributed by atoms with van der Waals surface area (Å²) in [5.74, 6) is 0. The van der Waals surface area contributed by atoms with E-state index >= 15 is 0 Å². The second kappa shape index (κ2) is 4.44. The molecule has 0 aliphatic carbocycles. The molecule has 1 aromatic heterocycles. The van der Waals surface area contributed by atoms with Crippen LogP contribution in [0.3, 0.4) is 0 Å². The molecule has 0 bridgehead atoms. The van der Waals surface area contributed by atoms with Crippen LogP contribution in [-0.4, -0.2) is 14.8 Å². The molecule has 2 nitrogen and oxygen atoms in total. The van der Waals surface area contributed by atoms with Crippen molar-refractivity contribution in [3.8, 4) is 0 Å². The highest BCUT2D eigenvalue weighted by Crippen LogP contribution is 2.06. The average molecular weight is 215 g/mol. The largest absolute Gasteiger partial charge is 0.261 e. The van der Waals surface area contributed by atoms with Gasteiger partial charge in [0.15, 0.2) is 0 Å². The summed E-state index contributed by atoms with van der Waals surface area (Å²) in [5, 5.41) is 0. The topological polar surface area (TPSA) is 25.8 Å². The molecule has 1 atom stereocenters. The van der Waals surface area contributed by atoms with Gasteiger partial charge in [-0.3, -0.25) is 9.97 Å². The highest BCUT2D eigenvalue weighted by Gasteiger charge is 1.97. The lowest BCUT2D eigenvalue weighted by molar-refractivity contribution is 0.795. The zero-order valence-corrected chi connectivity index (χ0v) is 8.08. The monoisotopic (exact) mass is 214 g/mol. The van der Waals surface area contributed by atoms with Crippen molar-refractivity contribution in [3.05, 3.63) is 24.3 Å². The van der Waals surface area contributed by atoms with Crippen molar-refractivity contribution in [2.75, 3.05) is 0 Å². The summed E-state index contributed by atoms with van der Waals surface area (Å²) in [6.45, 7) is 2.14. The summed E-state index contributed by atoms with van der Waals surface area (Å²) in [7, 11) is 0. The lowest BCUT2D eigenvalue weighted by Gasteiger charge is -2.00. The Kier molecular flexibility index (Phi) is 3.49. The molecule has 0 aromatic carbocycles. The van der Waals surface area contributed by atoms with Crippen LogP contribution < -0.4 is 0 Å². The van der Waals surface area contributed by atoms with Gasteiger partial charge in [-0.1, -0.05) is 22.9 Å². The van der Waals surface area contributed by atoms with Gasteiger partial charge in [0.2, 0.25) is 0 Å². The van der Waals surface area contributed by atoms with Crippen LogP contribution in [0.25, 0.3) is 0 Å². The highest BCUT2D eigenvalue weighted by atomic mass is 79.9. The van der Waals surface area contributed by atoms with Crippen molar-refractivity contribution >= 4 is 15.9 Å². The molecule has 0 spiro atoms. The molecule has 0 aliphatic rings. The van der Waals surface area contributed by atoms with E-state index in [0.29, 0.717) is 4.83 Å². The van der Waals surface area contributed by atoms with E-state index in [1.807, 2.05) is 6.20 Å². The Bertz CT molecular complexity index is 199. The molecule has 60 valence electrons. The minimum absolute atomic E-state index is 0.560. The summed E-state index contributed by atoms with van der Waals surface area (Å²) in [4.78, 5) is 8.71. The number of nitrogens with zero attached hydrogens (tertiary/aromatic N) is 2. The number of aryl methyl sites for hydroxylation is 1. The van der Waals surface area contributed by atoms with Crippen molar-refractivity contribution < 1.29 is 0 Å². The third-order valence-corrected chi connectivity index (χ3v) is 1.87. The Morgan fingerprint density at radius 1 is 1.55 bits per heavy atom. The van der Waals surface area contributed by atoms with Crippen molar-refractivity contribution in [2.45, 2.75) is 24.6 Å². The fraction of sp³-hybridized carbons (Fsp3) is 0.500. The number of alkyl halides is 1. The maximum absolute atomic E-state index is 4.17. The van der Waals surface area contributed by atoms with Crippen molar-refractivity contribution in [3.63, 3.8) is 0 Å². The van der Waals surface area contributed by atoms with E-state index in [0.717, 1.165) is 18.5 Å². The fourth-order valence-corrected chi connectivity index (χ4v) is 1.03. The standard InChI is InChI=1S/C8H11BrN2/c1-7(9)2-3-8-6-10-4-5-11-8/h4-7H,2-3H2,1H3. The number of rotatable bonds is 3. The molecule has 0 radical (unpaired) electrons. The van der Waals surface area contributed by atoms with E-state index in [-0.39, 0.29) is 0 Å². The molecular weight excluding hydrogens is 204 g/mol. The first kappa shape index (κ1) is 8.65. The number of hydrogen-bond acceptors (Lipinski definition) is 2. The van der Waals surface area contributed by atoms with E-state index in [4.69, 9.17) is 0 Å². The SMILES string of the molecule is CC(Br)CCc1cnccn1. The molecule has 1 heterocycles. The summed E-state index contributed by atoms with van der Waals surface area (Å²) in [5.41, 5.74) is 1.07. The third-order valence-electron chi connectivity index (χ3n) is 1.41. The van der Waals surface area contributed by atoms with Gasteiger partial charge in [-0.15, -0.1) is 0 Å². The van der Waals surface area contributed by atoms with Crippen LogP contribution in [0.5, 0.6) is 0 Å². The average Bonchev–Trinajstić information content (AvgIpc) is 2.03. The summed E-state index contributed by atoms with van der Waals surface area (Å²) >= 11 is 3.48. The molecule has 3 heteroatoms. The molecule has 1 rings (SSSR count). The van der Waals surface area contributed by atoms with E-state index in [9.17, 15) is 0 Å².